The average Bonchev–Trinajstić information content (AvgIpc) is 3.16. The fraction of sp³-hybridized carbons (Fsp3) is 0.150. The molecule has 0 radical (unpaired) electrons. The summed E-state index contributed by atoms with van der Waals surface area (Å²) < 4.78 is 6.58. The Balaban J connectivity index is 1.43. The maximum Gasteiger partial charge on any atom is 0.261 e. The molecule has 8 nitrogen and oxygen atoms in total. The van der Waals surface area contributed by atoms with E-state index in [0.29, 0.717) is 22.3 Å². The molecule has 0 saturated carbocycles. The Morgan fingerprint density at radius 3 is 2.75 bits per heavy atom. The fourth-order valence-corrected chi connectivity index (χ4v) is 2.76. The Labute approximate surface area is 159 Å². The average molecular weight is 375 g/mol. The van der Waals surface area contributed by atoms with Gasteiger partial charge < -0.3 is 9.84 Å². The van der Waals surface area contributed by atoms with E-state index < -0.39 is 0 Å². The van der Waals surface area contributed by atoms with Crippen LogP contribution in [0.3, 0.4) is 0 Å². The summed E-state index contributed by atoms with van der Waals surface area (Å²) in [5, 5.41) is 7.13. The summed E-state index contributed by atoms with van der Waals surface area (Å²) in [6.07, 6.45) is 1.46. The van der Waals surface area contributed by atoms with Crippen LogP contribution in [0.2, 0.25) is 0 Å². The Morgan fingerprint density at radius 2 is 1.93 bits per heavy atom. The number of amides is 1. The van der Waals surface area contributed by atoms with Gasteiger partial charge in [-0.1, -0.05) is 35.0 Å². The molecule has 4 aromatic rings. The summed E-state index contributed by atoms with van der Waals surface area (Å²) >= 11 is 0. The number of para-hydroxylation sites is 1. The first-order chi connectivity index (χ1) is 13.6. The summed E-state index contributed by atoms with van der Waals surface area (Å²) in [7, 11) is 0. The second kappa shape index (κ2) is 7.43. The predicted molar refractivity (Wildman–Crippen MR) is 102 cm³/mol. The third kappa shape index (κ3) is 3.66. The molecule has 8 heteroatoms. The van der Waals surface area contributed by atoms with Gasteiger partial charge in [0.15, 0.2) is 5.82 Å². The summed E-state index contributed by atoms with van der Waals surface area (Å²) in [6.45, 7) is 2.19. The van der Waals surface area contributed by atoms with E-state index in [4.69, 9.17) is 4.52 Å². The third-order valence-corrected chi connectivity index (χ3v) is 4.27. The molecular formula is C20H17N5O3. The van der Waals surface area contributed by atoms with E-state index in [-0.39, 0.29) is 30.4 Å². The Morgan fingerprint density at radius 1 is 1.14 bits per heavy atom. The highest BCUT2D eigenvalue weighted by atomic mass is 16.5. The number of rotatable bonds is 5. The fourth-order valence-electron chi connectivity index (χ4n) is 2.76. The molecule has 0 saturated heterocycles. The van der Waals surface area contributed by atoms with E-state index in [9.17, 15) is 9.59 Å². The van der Waals surface area contributed by atoms with E-state index >= 15 is 0 Å². The van der Waals surface area contributed by atoms with Gasteiger partial charge in [-0.3, -0.25) is 14.2 Å². The van der Waals surface area contributed by atoms with Gasteiger partial charge in [-0.2, -0.15) is 4.98 Å². The molecule has 0 aliphatic heterocycles. The molecule has 0 aliphatic rings. The molecule has 0 fully saturated rings. The van der Waals surface area contributed by atoms with Gasteiger partial charge >= 0.3 is 0 Å². The highest BCUT2D eigenvalue weighted by molar-refractivity contribution is 5.94. The van der Waals surface area contributed by atoms with Crippen LogP contribution in [0.4, 0.5) is 0 Å². The maximum absolute atomic E-state index is 12.5. The SMILES string of the molecule is Cc1ccc(C(=O)NCc2nc(Cn3cnc4ccccc4c3=O)no2)cc1. The molecule has 2 aromatic heterocycles. The van der Waals surface area contributed by atoms with Gasteiger partial charge in [0.05, 0.1) is 30.3 Å². The van der Waals surface area contributed by atoms with Crippen LogP contribution in [0.5, 0.6) is 0 Å². The number of hydrogen-bond donors (Lipinski definition) is 1. The van der Waals surface area contributed by atoms with Crippen LogP contribution in [-0.2, 0) is 13.1 Å². The largest absolute Gasteiger partial charge is 0.343 e. The number of carbonyl (C=O) groups is 1. The minimum atomic E-state index is -0.227. The van der Waals surface area contributed by atoms with Crippen LogP contribution in [0, 0.1) is 6.92 Å². The molecule has 0 spiro atoms. The van der Waals surface area contributed by atoms with Crippen LogP contribution < -0.4 is 10.9 Å². The summed E-state index contributed by atoms with van der Waals surface area (Å²) in [5.41, 5.74) is 2.09. The lowest BCUT2D eigenvalue weighted by Crippen LogP contribution is -2.23. The lowest BCUT2D eigenvalue weighted by Gasteiger charge is -2.03. The van der Waals surface area contributed by atoms with Crippen molar-refractivity contribution in [3.8, 4) is 0 Å². The summed E-state index contributed by atoms with van der Waals surface area (Å²) in [4.78, 5) is 33.1. The van der Waals surface area contributed by atoms with E-state index in [2.05, 4.69) is 20.4 Å². The molecule has 0 aliphatic carbocycles. The van der Waals surface area contributed by atoms with Crippen molar-refractivity contribution in [1.82, 2.24) is 25.0 Å². The van der Waals surface area contributed by atoms with E-state index in [1.165, 1.54) is 10.9 Å². The van der Waals surface area contributed by atoms with Crippen LogP contribution >= 0.6 is 0 Å². The molecule has 0 unspecified atom stereocenters. The molecule has 2 aromatic carbocycles. The topological polar surface area (TPSA) is 103 Å². The number of aromatic nitrogens is 4. The summed E-state index contributed by atoms with van der Waals surface area (Å²) in [5.74, 6) is 0.366. The van der Waals surface area contributed by atoms with Gasteiger partial charge in [-0.25, -0.2) is 4.98 Å². The number of fused-ring (bicyclic) bond motifs is 1. The van der Waals surface area contributed by atoms with Gasteiger partial charge in [0.1, 0.15) is 0 Å². The van der Waals surface area contributed by atoms with Crippen molar-refractivity contribution >= 4 is 16.8 Å². The van der Waals surface area contributed by atoms with Crippen LogP contribution in [-0.4, -0.2) is 25.6 Å². The lowest BCUT2D eigenvalue weighted by molar-refractivity contribution is 0.0946. The van der Waals surface area contributed by atoms with Crippen molar-refractivity contribution in [3.63, 3.8) is 0 Å². The zero-order valence-electron chi connectivity index (χ0n) is 15.1. The predicted octanol–water partition coefficient (Wildman–Crippen LogP) is 2.07. The quantitative estimate of drug-likeness (QED) is 0.573. The minimum absolute atomic E-state index is 0.102. The number of aryl methyl sites for hydroxylation is 1. The van der Waals surface area contributed by atoms with Crippen LogP contribution in [0.25, 0.3) is 10.9 Å². The van der Waals surface area contributed by atoms with Crippen molar-refractivity contribution in [2.45, 2.75) is 20.0 Å². The molecular weight excluding hydrogens is 358 g/mol. The standard InChI is InChI=1S/C20H17N5O3/c1-13-6-8-14(9-7-13)19(26)21-10-18-23-17(24-28-18)11-25-12-22-16-5-3-2-4-15(16)20(25)27/h2-9,12H,10-11H2,1H3,(H,21,26). The zero-order chi connectivity index (χ0) is 19.5. The molecule has 1 amide bonds. The molecule has 1 N–H and O–H groups in total. The molecule has 0 bridgehead atoms. The lowest BCUT2D eigenvalue weighted by atomic mass is 10.1. The van der Waals surface area contributed by atoms with E-state index in [0.717, 1.165) is 5.56 Å². The van der Waals surface area contributed by atoms with E-state index in [1.807, 2.05) is 25.1 Å². The molecule has 0 atom stereocenters. The second-order valence-electron chi connectivity index (χ2n) is 6.35. The maximum atomic E-state index is 12.5. The third-order valence-electron chi connectivity index (χ3n) is 4.27. The zero-order valence-corrected chi connectivity index (χ0v) is 15.1. The Bertz CT molecular complexity index is 1190. The number of hydrogen-bond acceptors (Lipinski definition) is 6. The highest BCUT2D eigenvalue weighted by Crippen LogP contribution is 2.07. The van der Waals surface area contributed by atoms with E-state index in [1.54, 1.807) is 30.3 Å². The number of benzene rings is 2. The van der Waals surface area contributed by atoms with Gasteiger partial charge in [0.25, 0.3) is 11.5 Å². The Kier molecular flexibility index (Phi) is 4.67. The first-order valence-corrected chi connectivity index (χ1v) is 8.70. The minimum Gasteiger partial charge on any atom is -0.343 e. The van der Waals surface area contributed by atoms with Crippen LogP contribution in [0.15, 0.2) is 64.2 Å². The monoisotopic (exact) mass is 375 g/mol. The Hall–Kier alpha value is -3.81. The number of nitrogens with one attached hydrogen (secondary N) is 1. The number of carbonyl (C=O) groups excluding carboxylic acids is 1. The highest BCUT2D eigenvalue weighted by Gasteiger charge is 2.11. The van der Waals surface area contributed by atoms with Crippen molar-refractivity contribution in [2.24, 2.45) is 0 Å². The number of nitrogens with zero attached hydrogens (tertiary/aromatic N) is 4. The molecule has 2 heterocycles. The van der Waals surface area contributed by atoms with Gasteiger partial charge in [0.2, 0.25) is 5.89 Å². The first kappa shape index (κ1) is 17.6. The van der Waals surface area contributed by atoms with Gasteiger partial charge in [0, 0.05) is 5.56 Å². The molecule has 28 heavy (non-hydrogen) atoms. The molecule has 4 rings (SSSR count). The second-order valence-corrected chi connectivity index (χ2v) is 6.35. The first-order valence-electron chi connectivity index (χ1n) is 8.70. The van der Waals surface area contributed by atoms with Crippen molar-refractivity contribution < 1.29 is 9.32 Å². The van der Waals surface area contributed by atoms with Crippen molar-refractivity contribution in [2.75, 3.05) is 0 Å². The van der Waals surface area contributed by atoms with Crippen molar-refractivity contribution in [3.05, 3.63) is 88.1 Å². The van der Waals surface area contributed by atoms with Crippen LogP contribution in [0.1, 0.15) is 27.6 Å². The van der Waals surface area contributed by atoms with Gasteiger partial charge in [-0.15, -0.1) is 0 Å². The van der Waals surface area contributed by atoms with Gasteiger partial charge in [-0.05, 0) is 31.2 Å². The smallest absolute Gasteiger partial charge is 0.261 e. The summed E-state index contributed by atoms with van der Waals surface area (Å²) in [6, 6.07) is 14.4. The normalized spacial score (nSPS) is 10.9. The van der Waals surface area contributed by atoms with Crippen molar-refractivity contribution in [1.29, 1.82) is 0 Å². The molecule has 140 valence electrons.